The number of aryl methyl sites for hydroxylation is 2. The van der Waals surface area contributed by atoms with Gasteiger partial charge < -0.3 is 20.1 Å². The second kappa shape index (κ2) is 10.6. The van der Waals surface area contributed by atoms with Crippen LogP contribution in [-0.4, -0.2) is 27.8 Å². The molecule has 0 fully saturated rings. The van der Waals surface area contributed by atoms with Crippen LogP contribution in [0.2, 0.25) is 5.02 Å². The Bertz CT molecular complexity index is 1530. The molecule has 1 atom stereocenters. The van der Waals surface area contributed by atoms with Gasteiger partial charge in [-0.2, -0.15) is 10.1 Å². The molecule has 1 unspecified atom stereocenters. The number of methoxy groups -OCH3 is 1. The maximum atomic E-state index is 13.7. The van der Waals surface area contributed by atoms with Crippen LogP contribution in [0.25, 0.3) is 0 Å². The molecule has 0 saturated carbocycles. The third-order valence-corrected chi connectivity index (χ3v) is 6.73. The summed E-state index contributed by atoms with van der Waals surface area (Å²) in [6.45, 7) is 6.22. The summed E-state index contributed by atoms with van der Waals surface area (Å²) in [5.41, 5.74) is 5.88. The van der Waals surface area contributed by atoms with Crippen LogP contribution in [0.5, 0.6) is 11.5 Å². The Hall–Kier alpha value is -4.30. The largest absolute Gasteiger partial charge is 0.493 e. The van der Waals surface area contributed by atoms with Gasteiger partial charge in [-0.05, 0) is 67.8 Å². The minimum absolute atomic E-state index is 0.227. The first-order valence-electron chi connectivity index (χ1n) is 12.1. The van der Waals surface area contributed by atoms with E-state index in [-0.39, 0.29) is 5.91 Å². The zero-order chi connectivity index (χ0) is 26.8. The Morgan fingerprint density at radius 1 is 1.05 bits per heavy atom. The monoisotopic (exact) mass is 529 g/mol. The first-order chi connectivity index (χ1) is 18.3. The van der Waals surface area contributed by atoms with Crippen molar-refractivity contribution in [3.63, 3.8) is 0 Å². The van der Waals surface area contributed by atoms with Gasteiger partial charge >= 0.3 is 0 Å². The standard InChI is InChI=1S/C29H28ClN5O3/c1-17-5-11-23(18(2)13-17)34-28(36)26-19(3)33-29-31-16-32-35(29)27(26)21-8-12-24(25(14-21)37-4)38-15-20-6-9-22(30)10-7-20/h5-14,16,27H,15H2,1-4H3,(H,34,36)(H,31,32,33). The van der Waals surface area contributed by atoms with Gasteiger partial charge in [-0.3, -0.25) is 4.79 Å². The summed E-state index contributed by atoms with van der Waals surface area (Å²) < 4.78 is 13.4. The third kappa shape index (κ3) is 5.08. The molecule has 3 aromatic carbocycles. The lowest BCUT2D eigenvalue weighted by Gasteiger charge is -2.29. The number of fused-ring (bicyclic) bond motifs is 1. The van der Waals surface area contributed by atoms with Gasteiger partial charge in [-0.25, -0.2) is 4.68 Å². The summed E-state index contributed by atoms with van der Waals surface area (Å²) in [5.74, 6) is 1.46. The quantitative estimate of drug-likeness (QED) is 0.302. The van der Waals surface area contributed by atoms with E-state index in [0.29, 0.717) is 40.3 Å². The number of aromatic nitrogens is 3. The van der Waals surface area contributed by atoms with Crippen LogP contribution in [-0.2, 0) is 11.4 Å². The van der Waals surface area contributed by atoms with E-state index in [1.54, 1.807) is 11.8 Å². The van der Waals surface area contributed by atoms with Crippen LogP contribution in [0.1, 0.15) is 35.2 Å². The number of rotatable bonds is 7. The molecule has 1 aliphatic rings. The number of benzene rings is 3. The van der Waals surface area contributed by atoms with Crippen LogP contribution >= 0.6 is 11.6 Å². The fourth-order valence-corrected chi connectivity index (χ4v) is 4.68. The van der Waals surface area contributed by atoms with E-state index in [9.17, 15) is 4.79 Å². The molecule has 0 bridgehead atoms. The number of hydrogen-bond acceptors (Lipinski definition) is 6. The molecule has 4 aromatic rings. The minimum atomic E-state index is -0.529. The van der Waals surface area contributed by atoms with Crippen molar-refractivity contribution in [1.29, 1.82) is 0 Å². The number of carbonyl (C=O) groups excluding carboxylic acids is 1. The molecule has 38 heavy (non-hydrogen) atoms. The molecule has 8 nitrogen and oxygen atoms in total. The molecule has 0 spiro atoms. The summed E-state index contributed by atoms with van der Waals surface area (Å²) >= 11 is 5.99. The number of nitrogens with one attached hydrogen (secondary N) is 2. The normalized spacial score (nSPS) is 14.5. The van der Waals surface area contributed by atoms with Crippen molar-refractivity contribution < 1.29 is 14.3 Å². The minimum Gasteiger partial charge on any atom is -0.493 e. The van der Waals surface area contributed by atoms with Crippen molar-refractivity contribution >= 4 is 29.1 Å². The highest BCUT2D eigenvalue weighted by atomic mass is 35.5. The number of allylic oxidation sites excluding steroid dienone is 1. The average Bonchev–Trinajstić information content (AvgIpc) is 3.37. The van der Waals surface area contributed by atoms with E-state index < -0.39 is 6.04 Å². The molecule has 1 amide bonds. The molecule has 0 saturated heterocycles. The number of carbonyl (C=O) groups is 1. The lowest BCUT2D eigenvalue weighted by atomic mass is 9.94. The van der Waals surface area contributed by atoms with Gasteiger partial charge in [-0.15, -0.1) is 0 Å². The fraction of sp³-hybridized carbons (Fsp3) is 0.207. The van der Waals surface area contributed by atoms with Crippen molar-refractivity contribution in [2.45, 2.75) is 33.4 Å². The van der Waals surface area contributed by atoms with Crippen LogP contribution in [0, 0.1) is 13.8 Å². The molecule has 9 heteroatoms. The molecule has 1 aromatic heterocycles. The van der Waals surface area contributed by atoms with Gasteiger partial charge in [0.25, 0.3) is 5.91 Å². The number of hydrogen-bond donors (Lipinski definition) is 2. The highest BCUT2D eigenvalue weighted by Gasteiger charge is 2.34. The lowest BCUT2D eigenvalue weighted by molar-refractivity contribution is -0.113. The van der Waals surface area contributed by atoms with Crippen molar-refractivity contribution in [1.82, 2.24) is 14.8 Å². The summed E-state index contributed by atoms with van der Waals surface area (Å²) in [5, 5.41) is 11.4. The van der Waals surface area contributed by atoms with Crippen LogP contribution in [0.4, 0.5) is 11.6 Å². The van der Waals surface area contributed by atoms with Gasteiger partial charge in [0.05, 0.1) is 12.7 Å². The van der Waals surface area contributed by atoms with Gasteiger partial charge in [0, 0.05) is 16.4 Å². The molecule has 0 radical (unpaired) electrons. The smallest absolute Gasteiger partial charge is 0.255 e. The summed E-state index contributed by atoms with van der Waals surface area (Å²) in [6.07, 6.45) is 1.47. The molecule has 194 valence electrons. The van der Waals surface area contributed by atoms with Crippen molar-refractivity contribution in [2.24, 2.45) is 0 Å². The molecule has 0 aliphatic carbocycles. The third-order valence-electron chi connectivity index (χ3n) is 6.48. The van der Waals surface area contributed by atoms with Crippen LogP contribution in [0.15, 0.2) is 78.3 Å². The van der Waals surface area contributed by atoms with E-state index in [0.717, 1.165) is 27.9 Å². The Balaban J connectivity index is 1.47. The number of ether oxygens (including phenoxy) is 2. The van der Waals surface area contributed by atoms with Crippen molar-refractivity contribution in [3.8, 4) is 11.5 Å². The van der Waals surface area contributed by atoms with Gasteiger partial charge in [0.2, 0.25) is 5.95 Å². The summed E-state index contributed by atoms with van der Waals surface area (Å²) in [6, 6.07) is 18.5. The maximum absolute atomic E-state index is 13.7. The van der Waals surface area contributed by atoms with Crippen molar-refractivity contribution in [3.05, 3.63) is 106 Å². The predicted molar refractivity (Wildman–Crippen MR) is 148 cm³/mol. The second-order valence-corrected chi connectivity index (χ2v) is 9.63. The Labute approximate surface area is 226 Å². The molecule has 5 rings (SSSR count). The summed E-state index contributed by atoms with van der Waals surface area (Å²) in [4.78, 5) is 18.0. The molecule has 1 aliphatic heterocycles. The zero-order valence-electron chi connectivity index (χ0n) is 21.6. The van der Waals surface area contributed by atoms with E-state index in [1.807, 2.05) is 81.4 Å². The Kier molecular flexibility index (Phi) is 7.07. The van der Waals surface area contributed by atoms with E-state index in [2.05, 4.69) is 20.7 Å². The highest BCUT2D eigenvalue weighted by Crippen LogP contribution is 2.39. The Morgan fingerprint density at radius 3 is 2.58 bits per heavy atom. The molecular formula is C29H28ClN5O3. The second-order valence-electron chi connectivity index (χ2n) is 9.19. The number of nitrogens with zero attached hydrogens (tertiary/aromatic N) is 3. The van der Waals surface area contributed by atoms with Crippen LogP contribution < -0.4 is 20.1 Å². The van der Waals surface area contributed by atoms with E-state index >= 15 is 0 Å². The number of amides is 1. The lowest BCUT2D eigenvalue weighted by Crippen LogP contribution is -2.31. The molecular weight excluding hydrogens is 502 g/mol. The maximum Gasteiger partial charge on any atom is 0.255 e. The molecule has 2 N–H and O–H groups in total. The first-order valence-corrected chi connectivity index (χ1v) is 12.5. The van der Waals surface area contributed by atoms with Crippen molar-refractivity contribution in [2.75, 3.05) is 17.7 Å². The summed E-state index contributed by atoms with van der Waals surface area (Å²) in [7, 11) is 1.59. The van der Waals surface area contributed by atoms with Gasteiger partial charge in [0.15, 0.2) is 11.5 Å². The number of anilines is 2. The topological polar surface area (TPSA) is 90.3 Å². The fourth-order valence-electron chi connectivity index (χ4n) is 4.55. The predicted octanol–water partition coefficient (Wildman–Crippen LogP) is 6.06. The highest BCUT2D eigenvalue weighted by molar-refractivity contribution is 6.30. The van der Waals surface area contributed by atoms with Gasteiger partial charge in [-0.1, -0.05) is 47.5 Å². The van der Waals surface area contributed by atoms with Gasteiger partial charge in [0.1, 0.15) is 19.0 Å². The van der Waals surface area contributed by atoms with E-state index in [1.165, 1.54) is 6.33 Å². The van der Waals surface area contributed by atoms with E-state index in [4.69, 9.17) is 21.1 Å². The SMILES string of the molecule is COc1cc(C2C(C(=O)Nc3ccc(C)cc3C)=C(C)Nc3ncnn32)ccc1OCc1ccc(Cl)cc1. The van der Waals surface area contributed by atoms with Crippen LogP contribution in [0.3, 0.4) is 0 Å². The molecule has 2 heterocycles. The first kappa shape index (κ1) is 25.4. The average molecular weight is 530 g/mol. The number of halogens is 1. The Morgan fingerprint density at radius 2 is 1.84 bits per heavy atom. The zero-order valence-corrected chi connectivity index (χ0v) is 22.3.